The van der Waals surface area contributed by atoms with Gasteiger partial charge in [0.15, 0.2) is 0 Å². The van der Waals surface area contributed by atoms with E-state index in [4.69, 9.17) is 11.6 Å². The second kappa shape index (κ2) is 4.06. The molecule has 1 aromatic heterocycles. The minimum absolute atomic E-state index is 0.127. The molecule has 0 radical (unpaired) electrons. The van der Waals surface area contributed by atoms with E-state index >= 15 is 0 Å². The van der Waals surface area contributed by atoms with Crippen molar-refractivity contribution in [2.75, 3.05) is 0 Å². The maximum atomic E-state index is 12.8. The predicted molar refractivity (Wildman–Crippen MR) is 59.9 cm³/mol. The number of aromatic nitrogens is 2. The van der Waals surface area contributed by atoms with Crippen LogP contribution in [0.3, 0.4) is 0 Å². The lowest BCUT2D eigenvalue weighted by atomic mass is 10.1. The minimum atomic E-state index is -0.438. The molecular weight excluding hydrogens is 231 g/mol. The van der Waals surface area contributed by atoms with Crippen molar-refractivity contribution < 1.29 is 4.39 Å². The van der Waals surface area contributed by atoms with E-state index < -0.39 is 5.69 Å². The van der Waals surface area contributed by atoms with E-state index in [-0.39, 0.29) is 11.0 Å². The number of halogens is 2. The van der Waals surface area contributed by atoms with Crippen LogP contribution in [0.25, 0.3) is 11.3 Å². The van der Waals surface area contributed by atoms with Crippen molar-refractivity contribution in [3.8, 4) is 11.3 Å². The van der Waals surface area contributed by atoms with Gasteiger partial charge in [0, 0.05) is 13.1 Å². The van der Waals surface area contributed by atoms with Crippen LogP contribution < -0.4 is 5.69 Å². The van der Waals surface area contributed by atoms with Gasteiger partial charge in [0.1, 0.15) is 11.0 Å². The molecule has 16 heavy (non-hydrogen) atoms. The number of nitrogens with zero attached hydrogens (tertiary/aromatic N) is 2. The van der Waals surface area contributed by atoms with Crippen molar-refractivity contribution >= 4 is 11.6 Å². The molecule has 82 valence electrons. The molecule has 3 nitrogen and oxygen atoms in total. The normalized spacial score (nSPS) is 10.4. The summed E-state index contributed by atoms with van der Waals surface area (Å²) >= 11 is 5.70. The quantitative estimate of drug-likeness (QED) is 0.714. The molecule has 0 aliphatic heterocycles. The Morgan fingerprint density at radius 3 is 2.56 bits per heavy atom. The zero-order chi connectivity index (χ0) is 11.7. The van der Waals surface area contributed by atoms with Crippen molar-refractivity contribution in [1.29, 1.82) is 0 Å². The van der Waals surface area contributed by atoms with Crippen LogP contribution >= 0.6 is 11.6 Å². The Labute approximate surface area is 96.1 Å². The third kappa shape index (κ3) is 1.97. The molecular formula is C11H8ClFN2O. The molecule has 0 atom stereocenters. The molecule has 5 heteroatoms. The molecule has 0 unspecified atom stereocenters. The van der Waals surface area contributed by atoms with Crippen LogP contribution in [-0.4, -0.2) is 9.55 Å². The summed E-state index contributed by atoms with van der Waals surface area (Å²) in [5.74, 6) is -0.325. The van der Waals surface area contributed by atoms with Gasteiger partial charge in [0.05, 0.1) is 5.69 Å². The summed E-state index contributed by atoms with van der Waals surface area (Å²) in [4.78, 5) is 15.0. The molecule has 0 spiro atoms. The van der Waals surface area contributed by atoms with Gasteiger partial charge in [-0.3, -0.25) is 4.57 Å². The highest BCUT2D eigenvalue weighted by atomic mass is 35.5. The fourth-order valence-electron chi connectivity index (χ4n) is 1.41. The molecule has 0 aliphatic rings. The first kappa shape index (κ1) is 10.8. The molecule has 0 saturated carbocycles. The summed E-state index contributed by atoms with van der Waals surface area (Å²) in [5.41, 5.74) is 0.877. The van der Waals surface area contributed by atoms with Gasteiger partial charge in [0.25, 0.3) is 0 Å². The van der Waals surface area contributed by atoms with Gasteiger partial charge < -0.3 is 0 Å². The fraction of sp³-hybridized carbons (Fsp3) is 0.0909. The van der Waals surface area contributed by atoms with Crippen molar-refractivity contribution in [3.05, 3.63) is 51.8 Å². The highest BCUT2D eigenvalue weighted by Gasteiger charge is 2.06. The van der Waals surface area contributed by atoms with Gasteiger partial charge in [-0.1, -0.05) is 11.6 Å². The molecule has 1 heterocycles. The van der Waals surface area contributed by atoms with E-state index in [1.807, 2.05) is 0 Å². The number of rotatable bonds is 1. The first-order valence-electron chi connectivity index (χ1n) is 4.57. The molecule has 0 fully saturated rings. The Bertz CT molecular complexity index is 578. The van der Waals surface area contributed by atoms with E-state index in [1.54, 1.807) is 25.2 Å². The lowest BCUT2D eigenvalue weighted by Crippen LogP contribution is -2.21. The molecule has 2 rings (SSSR count). The van der Waals surface area contributed by atoms with E-state index in [0.717, 1.165) is 0 Å². The second-order valence-corrected chi connectivity index (χ2v) is 3.70. The summed E-state index contributed by atoms with van der Waals surface area (Å²) in [6.45, 7) is 0. The zero-order valence-electron chi connectivity index (χ0n) is 8.45. The summed E-state index contributed by atoms with van der Waals surface area (Å²) in [5, 5.41) is 0.127. The van der Waals surface area contributed by atoms with Crippen molar-refractivity contribution in [2.24, 2.45) is 7.05 Å². The standard InChI is InChI=1S/C11H8ClFN2O/c1-15-9(6-10(12)14-11(15)16)7-2-4-8(13)5-3-7/h2-6H,1H3. The molecule has 0 aliphatic carbocycles. The molecule has 0 N–H and O–H groups in total. The van der Waals surface area contributed by atoms with Crippen LogP contribution in [0, 0.1) is 5.82 Å². The average molecular weight is 239 g/mol. The van der Waals surface area contributed by atoms with Gasteiger partial charge in [-0.25, -0.2) is 9.18 Å². The fourth-order valence-corrected chi connectivity index (χ4v) is 1.58. The monoisotopic (exact) mass is 238 g/mol. The third-order valence-electron chi connectivity index (χ3n) is 2.25. The summed E-state index contributed by atoms with van der Waals surface area (Å²) in [7, 11) is 1.59. The lowest BCUT2D eigenvalue weighted by Gasteiger charge is -2.07. The number of benzene rings is 1. The van der Waals surface area contributed by atoms with Crippen LogP contribution in [0.4, 0.5) is 4.39 Å². The smallest absolute Gasteiger partial charge is 0.295 e. The SMILES string of the molecule is Cn1c(-c2ccc(F)cc2)cc(Cl)nc1=O. The second-order valence-electron chi connectivity index (χ2n) is 3.31. The highest BCUT2D eigenvalue weighted by molar-refractivity contribution is 6.29. The third-order valence-corrected chi connectivity index (χ3v) is 2.44. The van der Waals surface area contributed by atoms with Crippen LogP contribution in [0.15, 0.2) is 35.1 Å². The van der Waals surface area contributed by atoms with Crippen LogP contribution in [0.2, 0.25) is 5.15 Å². The summed E-state index contributed by atoms with van der Waals surface area (Å²) in [6.07, 6.45) is 0. The molecule has 0 bridgehead atoms. The van der Waals surface area contributed by atoms with Crippen LogP contribution in [0.5, 0.6) is 0 Å². The maximum absolute atomic E-state index is 12.8. The first-order valence-corrected chi connectivity index (χ1v) is 4.95. The van der Waals surface area contributed by atoms with Crippen LogP contribution in [0.1, 0.15) is 0 Å². The Balaban J connectivity index is 2.64. The Morgan fingerprint density at radius 2 is 1.94 bits per heavy atom. The highest BCUT2D eigenvalue weighted by Crippen LogP contribution is 2.19. The molecule has 2 aromatic rings. The number of hydrogen-bond donors (Lipinski definition) is 0. The molecule has 0 saturated heterocycles. The Hall–Kier alpha value is -1.68. The Kier molecular flexibility index (Phi) is 2.75. The van der Waals surface area contributed by atoms with Gasteiger partial charge in [-0.2, -0.15) is 4.98 Å². The number of hydrogen-bond acceptors (Lipinski definition) is 2. The van der Waals surface area contributed by atoms with Crippen molar-refractivity contribution in [3.63, 3.8) is 0 Å². The van der Waals surface area contributed by atoms with E-state index in [2.05, 4.69) is 4.98 Å². The predicted octanol–water partition coefficient (Wildman–Crippen LogP) is 2.24. The average Bonchev–Trinajstić information content (AvgIpc) is 2.25. The lowest BCUT2D eigenvalue weighted by molar-refractivity contribution is 0.628. The molecule has 0 amide bonds. The summed E-state index contributed by atoms with van der Waals surface area (Å²) < 4.78 is 14.1. The zero-order valence-corrected chi connectivity index (χ0v) is 9.20. The van der Waals surface area contributed by atoms with Gasteiger partial charge in [-0.15, -0.1) is 0 Å². The minimum Gasteiger partial charge on any atom is -0.295 e. The largest absolute Gasteiger partial charge is 0.349 e. The van der Waals surface area contributed by atoms with E-state index in [0.29, 0.717) is 11.3 Å². The van der Waals surface area contributed by atoms with Crippen molar-refractivity contribution in [2.45, 2.75) is 0 Å². The topological polar surface area (TPSA) is 34.9 Å². The van der Waals surface area contributed by atoms with Gasteiger partial charge in [0.2, 0.25) is 0 Å². The Morgan fingerprint density at radius 1 is 1.31 bits per heavy atom. The van der Waals surface area contributed by atoms with E-state index in [9.17, 15) is 9.18 Å². The van der Waals surface area contributed by atoms with Gasteiger partial charge in [-0.05, 0) is 29.8 Å². The van der Waals surface area contributed by atoms with Crippen molar-refractivity contribution in [1.82, 2.24) is 9.55 Å². The van der Waals surface area contributed by atoms with Crippen LogP contribution in [-0.2, 0) is 7.05 Å². The maximum Gasteiger partial charge on any atom is 0.349 e. The summed E-state index contributed by atoms with van der Waals surface area (Å²) in [6, 6.07) is 7.39. The first-order chi connectivity index (χ1) is 7.58. The van der Waals surface area contributed by atoms with E-state index in [1.165, 1.54) is 16.7 Å². The van der Waals surface area contributed by atoms with Gasteiger partial charge >= 0.3 is 5.69 Å². The molecule has 1 aromatic carbocycles.